The van der Waals surface area contributed by atoms with Crippen LogP contribution in [0.5, 0.6) is 0 Å². The molecule has 3 aromatic rings. The maximum Gasteiger partial charge on any atom is 0.337 e. The molecule has 7 heteroatoms. The molecule has 2 atom stereocenters. The second kappa shape index (κ2) is 7.91. The number of ether oxygens (including phenoxy) is 2. The molecule has 0 radical (unpaired) electrons. The molecule has 5 rings (SSSR count). The third-order valence-electron chi connectivity index (χ3n) is 6.19. The highest BCUT2D eigenvalue weighted by atomic mass is 16.5. The summed E-state index contributed by atoms with van der Waals surface area (Å²) in [5, 5.41) is 0.451. The van der Waals surface area contributed by atoms with Crippen molar-refractivity contribution in [2.75, 3.05) is 20.3 Å². The molecule has 7 nitrogen and oxygen atoms in total. The molecule has 0 unspecified atom stereocenters. The van der Waals surface area contributed by atoms with Gasteiger partial charge in [0.15, 0.2) is 5.43 Å². The fourth-order valence-electron chi connectivity index (χ4n) is 4.60. The van der Waals surface area contributed by atoms with Gasteiger partial charge in [-0.2, -0.15) is 0 Å². The van der Waals surface area contributed by atoms with E-state index in [0.29, 0.717) is 35.2 Å². The van der Waals surface area contributed by atoms with Gasteiger partial charge in [0.2, 0.25) is 5.76 Å². The van der Waals surface area contributed by atoms with Gasteiger partial charge in [0.25, 0.3) is 5.91 Å². The van der Waals surface area contributed by atoms with Crippen molar-refractivity contribution in [3.63, 3.8) is 0 Å². The minimum atomic E-state index is -0.616. The molecule has 1 amide bonds. The number of methoxy groups -OCH3 is 1. The number of hydrogen-bond donors (Lipinski definition) is 0. The van der Waals surface area contributed by atoms with Gasteiger partial charge in [-0.1, -0.05) is 23.8 Å². The number of amides is 1. The van der Waals surface area contributed by atoms with Crippen LogP contribution in [0.2, 0.25) is 0 Å². The largest absolute Gasteiger partial charge is 0.465 e. The molecule has 0 saturated carbocycles. The van der Waals surface area contributed by atoms with Crippen LogP contribution in [0.3, 0.4) is 0 Å². The van der Waals surface area contributed by atoms with Gasteiger partial charge >= 0.3 is 5.97 Å². The lowest BCUT2D eigenvalue weighted by Crippen LogP contribution is -2.36. The average molecular weight is 433 g/mol. The van der Waals surface area contributed by atoms with Gasteiger partial charge in [0, 0.05) is 13.2 Å². The Balaban J connectivity index is 1.66. The van der Waals surface area contributed by atoms with Crippen LogP contribution in [0.25, 0.3) is 11.0 Å². The first-order valence-corrected chi connectivity index (χ1v) is 10.7. The Hall–Kier alpha value is -3.45. The summed E-state index contributed by atoms with van der Waals surface area (Å²) >= 11 is 0. The highest BCUT2D eigenvalue weighted by Crippen LogP contribution is 2.39. The van der Waals surface area contributed by atoms with Crippen LogP contribution in [0.1, 0.15) is 56.5 Å². The van der Waals surface area contributed by atoms with Gasteiger partial charge in [0.1, 0.15) is 5.58 Å². The number of hydrogen-bond acceptors (Lipinski definition) is 6. The number of esters is 1. The third kappa shape index (κ3) is 3.29. The maximum absolute atomic E-state index is 13.6. The average Bonchev–Trinajstić information content (AvgIpc) is 3.41. The van der Waals surface area contributed by atoms with E-state index in [-0.39, 0.29) is 23.2 Å². The van der Waals surface area contributed by atoms with Gasteiger partial charge in [-0.05, 0) is 49.6 Å². The summed E-state index contributed by atoms with van der Waals surface area (Å²) in [5.41, 5.74) is 2.57. The zero-order valence-corrected chi connectivity index (χ0v) is 17.9. The predicted molar refractivity (Wildman–Crippen MR) is 117 cm³/mol. The Labute approximate surface area is 184 Å². The summed E-state index contributed by atoms with van der Waals surface area (Å²) in [6.45, 7) is 2.93. The van der Waals surface area contributed by atoms with Gasteiger partial charge in [-0.25, -0.2) is 4.79 Å². The van der Waals surface area contributed by atoms with Gasteiger partial charge in [-0.3, -0.25) is 9.59 Å². The molecule has 0 N–H and O–H groups in total. The summed E-state index contributed by atoms with van der Waals surface area (Å²) < 4.78 is 16.5. The monoisotopic (exact) mass is 433 g/mol. The van der Waals surface area contributed by atoms with Crippen LogP contribution >= 0.6 is 0 Å². The van der Waals surface area contributed by atoms with Crippen molar-refractivity contribution >= 4 is 22.8 Å². The van der Waals surface area contributed by atoms with Crippen LogP contribution in [0, 0.1) is 6.92 Å². The summed E-state index contributed by atoms with van der Waals surface area (Å²) in [7, 11) is 1.32. The zero-order chi connectivity index (χ0) is 22.4. The number of fused-ring (bicyclic) bond motifs is 2. The quantitative estimate of drug-likeness (QED) is 0.585. The van der Waals surface area contributed by atoms with E-state index in [0.717, 1.165) is 24.0 Å². The molecule has 0 aliphatic carbocycles. The standard InChI is InChI=1S/C25H23NO6/c1-14-5-10-19-18(12-14)22(27)20-21(15-6-8-16(9-7-15)25(29)30-2)26(24(28)23(20)32-19)13-17-4-3-11-31-17/h5-10,12,17,21H,3-4,11,13H2,1-2H3/t17-,21+/m1/s1. The summed E-state index contributed by atoms with van der Waals surface area (Å²) in [6.07, 6.45) is 1.71. The van der Waals surface area contributed by atoms with Crippen LogP contribution in [-0.2, 0) is 9.47 Å². The van der Waals surface area contributed by atoms with E-state index in [9.17, 15) is 14.4 Å². The van der Waals surface area contributed by atoms with Crippen molar-refractivity contribution in [1.82, 2.24) is 4.90 Å². The molecule has 1 aromatic heterocycles. The minimum absolute atomic E-state index is 0.0754. The van der Waals surface area contributed by atoms with E-state index in [4.69, 9.17) is 13.9 Å². The minimum Gasteiger partial charge on any atom is -0.465 e. The Bertz CT molecular complexity index is 1270. The van der Waals surface area contributed by atoms with Gasteiger partial charge in [0.05, 0.1) is 35.8 Å². The van der Waals surface area contributed by atoms with Gasteiger partial charge < -0.3 is 18.8 Å². The molecule has 164 valence electrons. The number of benzene rings is 2. The van der Waals surface area contributed by atoms with Crippen molar-refractivity contribution in [3.05, 3.63) is 80.7 Å². The highest BCUT2D eigenvalue weighted by Gasteiger charge is 2.43. The molecular formula is C25H23NO6. The van der Waals surface area contributed by atoms with Crippen LogP contribution < -0.4 is 5.43 Å². The van der Waals surface area contributed by atoms with Crippen molar-refractivity contribution in [3.8, 4) is 0 Å². The Kier molecular flexibility index (Phi) is 5.06. The number of nitrogens with zero attached hydrogens (tertiary/aromatic N) is 1. The second-order valence-electron chi connectivity index (χ2n) is 8.28. The first kappa shape index (κ1) is 20.5. The number of carbonyl (C=O) groups excluding carboxylic acids is 2. The molecule has 1 saturated heterocycles. The summed E-state index contributed by atoms with van der Waals surface area (Å²) in [4.78, 5) is 40.5. The predicted octanol–water partition coefficient (Wildman–Crippen LogP) is 3.61. The van der Waals surface area contributed by atoms with Crippen LogP contribution in [0.4, 0.5) is 0 Å². The lowest BCUT2D eigenvalue weighted by Gasteiger charge is -2.27. The van der Waals surface area contributed by atoms with Crippen molar-refractivity contribution < 1.29 is 23.5 Å². The lowest BCUT2D eigenvalue weighted by atomic mass is 9.97. The lowest BCUT2D eigenvalue weighted by molar-refractivity contribution is 0.0486. The second-order valence-corrected chi connectivity index (χ2v) is 8.28. The molecule has 0 bridgehead atoms. The van der Waals surface area contributed by atoms with E-state index >= 15 is 0 Å². The molecule has 2 aromatic carbocycles. The van der Waals surface area contributed by atoms with Crippen LogP contribution in [-0.4, -0.2) is 43.1 Å². The zero-order valence-electron chi connectivity index (χ0n) is 17.9. The third-order valence-corrected chi connectivity index (χ3v) is 6.19. The molecule has 2 aliphatic rings. The molecule has 2 aliphatic heterocycles. The number of carbonyl (C=O) groups is 2. The normalized spacial score (nSPS) is 20.1. The maximum atomic E-state index is 13.6. The number of rotatable bonds is 4. The number of aryl methyl sites for hydroxylation is 1. The molecule has 3 heterocycles. The highest BCUT2D eigenvalue weighted by molar-refractivity contribution is 5.99. The van der Waals surface area contributed by atoms with E-state index in [1.807, 2.05) is 13.0 Å². The molecule has 32 heavy (non-hydrogen) atoms. The fraction of sp³-hybridized carbons (Fsp3) is 0.320. The summed E-state index contributed by atoms with van der Waals surface area (Å²) in [6, 6.07) is 11.5. The Morgan fingerprint density at radius 3 is 2.62 bits per heavy atom. The van der Waals surface area contributed by atoms with E-state index in [1.165, 1.54) is 7.11 Å². The topological polar surface area (TPSA) is 86.0 Å². The summed E-state index contributed by atoms with van der Waals surface area (Å²) in [5.74, 6) is -0.694. The van der Waals surface area contributed by atoms with Gasteiger partial charge in [-0.15, -0.1) is 0 Å². The SMILES string of the molecule is COC(=O)c1ccc([C@H]2c3c(oc4ccc(C)cc4c3=O)C(=O)N2C[C@H]2CCCO2)cc1. The van der Waals surface area contributed by atoms with Crippen LogP contribution in [0.15, 0.2) is 51.7 Å². The Morgan fingerprint density at radius 2 is 1.94 bits per heavy atom. The molecular weight excluding hydrogens is 410 g/mol. The Morgan fingerprint density at radius 1 is 1.16 bits per heavy atom. The van der Waals surface area contributed by atoms with Crippen molar-refractivity contribution in [2.45, 2.75) is 31.9 Å². The fourth-order valence-corrected chi connectivity index (χ4v) is 4.60. The van der Waals surface area contributed by atoms with Crippen molar-refractivity contribution in [1.29, 1.82) is 0 Å². The van der Waals surface area contributed by atoms with Crippen molar-refractivity contribution in [2.24, 2.45) is 0 Å². The van der Waals surface area contributed by atoms with E-state index < -0.39 is 12.0 Å². The molecule has 0 spiro atoms. The molecule has 1 fully saturated rings. The van der Waals surface area contributed by atoms with E-state index in [2.05, 4.69) is 0 Å². The first-order valence-electron chi connectivity index (χ1n) is 10.7. The first-order chi connectivity index (χ1) is 15.5. The van der Waals surface area contributed by atoms with E-state index in [1.54, 1.807) is 41.3 Å². The smallest absolute Gasteiger partial charge is 0.337 e.